The second-order valence-electron chi connectivity index (χ2n) is 5.26. The lowest BCUT2D eigenvalue weighted by atomic mass is 10.0. The Hall–Kier alpha value is -1.59. The van der Waals surface area contributed by atoms with E-state index < -0.39 is 29.5 Å². The Morgan fingerprint density at radius 3 is 2.47 bits per heavy atom. The molecule has 0 aromatic rings. The lowest BCUT2D eigenvalue weighted by Crippen LogP contribution is -2.47. The molecular formula is C11H16N2O4. The van der Waals surface area contributed by atoms with Gasteiger partial charge in [0.1, 0.15) is 11.6 Å². The van der Waals surface area contributed by atoms with Crippen molar-refractivity contribution in [3.8, 4) is 0 Å². The maximum atomic E-state index is 12.0. The fraction of sp³-hybridized carbons (Fsp3) is 0.727. The van der Waals surface area contributed by atoms with Gasteiger partial charge in [0.2, 0.25) is 0 Å². The fourth-order valence-corrected chi connectivity index (χ4v) is 2.04. The van der Waals surface area contributed by atoms with Crippen LogP contribution in [0, 0.1) is 5.92 Å². The summed E-state index contributed by atoms with van der Waals surface area (Å²) in [7, 11) is 0. The van der Waals surface area contributed by atoms with Gasteiger partial charge in [0.05, 0.1) is 0 Å². The Morgan fingerprint density at radius 2 is 2.12 bits per heavy atom. The van der Waals surface area contributed by atoms with Gasteiger partial charge < -0.3 is 10.4 Å². The summed E-state index contributed by atoms with van der Waals surface area (Å²) < 4.78 is 0. The van der Waals surface area contributed by atoms with Crippen LogP contribution in [0.3, 0.4) is 0 Å². The normalized spacial score (nSPS) is 24.7. The maximum Gasteiger partial charge on any atom is 0.327 e. The molecule has 3 amide bonds. The highest BCUT2D eigenvalue weighted by Crippen LogP contribution is 2.35. The number of aliphatic carboxylic acids is 1. The van der Waals surface area contributed by atoms with E-state index in [-0.39, 0.29) is 0 Å². The van der Waals surface area contributed by atoms with Gasteiger partial charge in [-0.05, 0) is 26.2 Å². The van der Waals surface area contributed by atoms with E-state index >= 15 is 0 Å². The van der Waals surface area contributed by atoms with Crippen molar-refractivity contribution in [1.82, 2.24) is 10.2 Å². The molecule has 1 heterocycles. The topological polar surface area (TPSA) is 86.7 Å². The van der Waals surface area contributed by atoms with Crippen LogP contribution in [0.5, 0.6) is 0 Å². The first-order chi connectivity index (χ1) is 7.83. The molecule has 94 valence electrons. The number of urea groups is 1. The molecule has 1 aliphatic carbocycles. The van der Waals surface area contributed by atoms with E-state index in [2.05, 4.69) is 5.32 Å². The monoisotopic (exact) mass is 240 g/mol. The number of rotatable bonds is 4. The van der Waals surface area contributed by atoms with Gasteiger partial charge in [-0.3, -0.25) is 4.79 Å². The molecule has 1 saturated carbocycles. The summed E-state index contributed by atoms with van der Waals surface area (Å²) in [5, 5.41) is 11.6. The predicted octanol–water partition coefficient (Wildman–Crippen LogP) is 0.570. The van der Waals surface area contributed by atoms with E-state index in [4.69, 9.17) is 5.11 Å². The van der Waals surface area contributed by atoms with E-state index in [1.54, 1.807) is 13.8 Å². The maximum absolute atomic E-state index is 12.0. The van der Waals surface area contributed by atoms with Gasteiger partial charge in [0.15, 0.2) is 0 Å². The minimum atomic E-state index is -1.11. The SMILES string of the molecule is CC1(C)NC(=O)N(C(CC2CC2)C(=O)O)C1=O. The molecule has 1 saturated heterocycles. The van der Waals surface area contributed by atoms with Gasteiger partial charge in [-0.25, -0.2) is 14.5 Å². The standard InChI is InChI=1S/C11H16N2O4/c1-11(2)9(16)13(10(17)12-11)7(8(14)15)5-6-3-4-6/h6-7H,3-5H2,1-2H3,(H,12,17)(H,14,15). The zero-order chi connectivity index (χ0) is 12.8. The van der Waals surface area contributed by atoms with Crippen LogP contribution >= 0.6 is 0 Å². The van der Waals surface area contributed by atoms with Crippen molar-refractivity contribution < 1.29 is 19.5 Å². The lowest BCUT2D eigenvalue weighted by molar-refractivity contribution is -0.148. The molecule has 0 bridgehead atoms. The number of hydrogen-bond acceptors (Lipinski definition) is 3. The summed E-state index contributed by atoms with van der Waals surface area (Å²) in [4.78, 5) is 35.7. The highest BCUT2D eigenvalue weighted by molar-refractivity contribution is 6.08. The molecule has 6 nitrogen and oxygen atoms in total. The molecular weight excluding hydrogens is 224 g/mol. The molecule has 2 rings (SSSR count). The summed E-state index contributed by atoms with van der Waals surface area (Å²) >= 11 is 0. The molecule has 0 radical (unpaired) electrons. The quantitative estimate of drug-likeness (QED) is 0.703. The Morgan fingerprint density at radius 1 is 1.53 bits per heavy atom. The van der Waals surface area contributed by atoms with Crippen molar-refractivity contribution >= 4 is 17.9 Å². The van der Waals surface area contributed by atoms with Crippen molar-refractivity contribution in [1.29, 1.82) is 0 Å². The molecule has 0 aromatic carbocycles. The third-order valence-electron chi connectivity index (χ3n) is 3.24. The summed E-state index contributed by atoms with van der Waals surface area (Å²) in [6.07, 6.45) is 2.33. The van der Waals surface area contributed by atoms with Crippen molar-refractivity contribution in [3.63, 3.8) is 0 Å². The molecule has 1 unspecified atom stereocenters. The smallest absolute Gasteiger partial charge is 0.327 e. The van der Waals surface area contributed by atoms with Crippen LogP contribution in [0.4, 0.5) is 4.79 Å². The van der Waals surface area contributed by atoms with E-state index in [0.717, 1.165) is 17.7 Å². The first-order valence-corrected chi connectivity index (χ1v) is 5.71. The molecule has 2 aliphatic rings. The minimum Gasteiger partial charge on any atom is -0.480 e. The van der Waals surface area contributed by atoms with E-state index in [1.165, 1.54) is 0 Å². The van der Waals surface area contributed by atoms with E-state index in [1.807, 2.05) is 0 Å². The third-order valence-corrected chi connectivity index (χ3v) is 3.24. The summed E-state index contributed by atoms with van der Waals surface area (Å²) in [6.45, 7) is 3.15. The van der Waals surface area contributed by atoms with Gasteiger partial charge in [-0.1, -0.05) is 12.8 Å². The van der Waals surface area contributed by atoms with E-state index in [9.17, 15) is 14.4 Å². The van der Waals surface area contributed by atoms with Crippen LogP contribution in [0.1, 0.15) is 33.1 Å². The summed E-state index contributed by atoms with van der Waals surface area (Å²) in [5.74, 6) is -1.24. The molecule has 1 aliphatic heterocycles. The number of hydrogen-bond donors (Lipinski definition) is 2. The van der Waals surface area contributed by atoms with Crippen molar-refractivity contribution in [2.45, 2.75) is 44.7 Å². The third kappa shape index (κ3) is 2.11. The first kappa shape index (κ1) is 11.9. The number of carboxylic acid groups (broad SMARTS) is 1. The zero-order valence-corrected chi connectivity index (χ0v) is 9.90. The van der Waals surface area contributed by atoms with Crippen LogP contribution in [-0.2, 0) is 9.59 Å². The van der Waals surface area contributed by atoms with Crippen LogP contribution in [0.2, 0.25) is 0 Å². The van der Waals surface area contributed by atoms with Crippen molar-refractivity contribution in [3.05, 3.63) is 0 Å². The number of carboxylic acids is 1. The Balaban J connectivity index is 2.20. The molecule has 0 aromatic heterocycles. The van der Waals surface area contributed by atoms with Crippen LogP contribution in [-0.4, -0.2) is 39.5 Å². The number of amides is 3. The summed E-state index contributed by atoms with van der Waals surface area (Å²) in [5.41, 5.74) is -1.01. The average Bonchev–Trinajstić information content (AvgIpc) is 2.95. The molecule has 2 fully saturated rings. The minimum absolute atomic E-state index is 0.334. The Bertz CT molecular complexity index is 387. The van der Waals surface area contributed by atoms with Gasteiger partial charge in [-0.2, -0.15) is 0 Å². The first-order valence-electron chi connectivity index (χ1n) is 5.71. The predicted molar refractivity (Wildman–Crippen MR) is 58.2 cm³/mol. The Labute approximate surface area is 99.0 Å². The number of nitrogens with zero attached hydrogens (tertiary/aromatic N) is 1. The number of imide groups is 1. The second kappa shape index (κ2) is 3.72. The van der Waals surface area contributed by atoms with Gasteiger partial charge in [0, 0.05) is 0 Å². The highest BCUT2D eigenvalue weighted by Gasteiger charge is 2.50. The average molecular weight is 240 g/mol. The van der Waals surface area contributed by atoms with Gasteiger partial charge in [-0.15, -0.1) is 0 Å². The van der Waals surface area contributed by atoms with Crippen molar-refractivity contribution in [2.75, 3.05) is 0 Å². The molecule has 2 N–H and O–H groups in total. The Kier molecular flexibility index (Phi) is 2.60. The number of carbonyl (C=O) groups is 3. The molecule has 0 spiro atoms. The van der Waals surface area contributed by atoms with Crippen molar-refractivity contribution in [2.24, 2.45) is 5.92 Å². The highest BCUT2D eigenvalue weighted by atomic mass is 16.4. The molecule has 17 heavy (non-hydrogen) atoms. The van der Waals surface area contributed by atoms with Crippen LogP contribution < -0.4 is 5.32 Å². The van der Waals surface area contributed by atoms with Crippen LogP contribution in [0.15, 0.2) is 0 Å². The van der Waals surface area contributed by atoms with Crippen LogP contribution in [0.25, 0.3) is 0 Å². The lowest BCUT2D eigenvalue weighted by Gasteiger charge is -2.22. The number of carbonyl (C=O) groups excluding carboxylic acids is 2. The second-order valence-corrected chi connectivity index (χ2v) is 5.26. The van der Waals surface area contributed by atoms with E-state index in [0.29, 0.717) is 12.3 Å². The van der Waals surface area contributed by atoms with Gasteiger partial charge >= 0.3 is 12.0 Å². The fourth-order valence-electron chi connectivity index (χ4n) is 2.04. The zero-order valence-electron chi connectivity index (χ0n) is 9.90. The molecule has 1 atom stereocenters. The number of nitrogens with one attached hydrogen (secondary N) is 1. The largest absolute Gasteiger partial charge is 0.480 e. The summed E-state index contributed by atoms with van der Waals surface area (Å²) in [6, 6.07) is -1.63. The molecule has 6 heteroatoms. The van der Waals surface area contributed by atoms with Gasteiger partial charge in [0.25, 0.3) is 5.91 Å².